The molecule has 0 aromatic heterocycles. The van der Waals surface area contributed by atoms with Crippen molar-refractivity contribution in [3.05, 3.63) is 122 Å². The van der Waals surface area contributed by atoms with E-state index < -0.39 is 17.8 Å². The summed E-state index contributed by atoms with van der Waals surface area (Å²) in [5.74, 6) is -0.608. The number of urea groups is 1. The standard InChI is InChI=1S/C32H23Cl3N2O6/c1-41-28-15-20(14-27(35)29(28)43-18-21-7-8-22(33)16-26(21)34)13-25-30(38)36-32(40)37(31(25)39)23-9-11-24(12-10-23)42-17-19-5-3-2-4-6-19/h2-16H,17-18H2,1H3,(H,36,38,40)/b25-13+. The molecule has 8 nitrogen and oxygen atoms in total. The Morgan fingerprint density at radius 2 is 1.56 bits per heavy atom. The first-order valence-electron chi connectivity index (χ1n) is 12.9. The summed E-state index contributed by atoms with van der Waals surface area (Å²) >= 11 is 18.7. The maximum absolute atomic E-state index is 13.4. The van der Waals surface area contributed by atoms with Crippen LogP contribution in [0, 0.1) is 0 Å². The van der Waals surface area contributed by atoms with Crippen LogP contribution >= 0.6 is 34.8 Å². The summed E-state index contributed by atoms with van der Waals surface area (Å²) in [6, 6.07) is 23.2. The van der Waals surface area contributed by atoms with Gasteiger partial charge in [0.05, 0.1) is 17.8 Å². The molecular weight excluding hydrogens is 615 g/mol. The molecule has 0 aliphatic carbocycles. The lowest BCUT2D eigenvalue weighted by Crippen LogP contribution is -2.54. The van der Waals surface area contributed by atoms with Crippen LogP contribution in [-0.4, -0.2) is 25.0 Å². The second-order valence-corrected chi connectivity index (χ2v) is 10.5. The summed E-state index contributed by atoms with van der Waals surface area (Å²) in [5.41, 5.74) is 2.03. The van der Waals surface area contributed by atoms with Crippen molar-refractivity contribution in [3.8, 4) is 17.2 Å². The highest BCUT2D eigenvalue weighted by Gasteiger charge is 2.37. The highest BCUT2D eigenvalue weighted by Crippen LogP contribution is 2.38. The third-order valence-corrected chi connectivity index (χ3v) is 7.26. The zero-order valence-electron chi connectivity index (χ0n) is 22.6. The van der Waals surface area contributed by atoms with Crippen molar-refractivity contribution in [3.63, 3.8) is 0 Å². The van der Waals surface area contributed by atoms with E-state index in [0.29, 0.717) is 33.5 Å². The molecule has 0 radical (unpaired) electrons. The van der Waals surface area contributed by atoms with Crippen LogP contribution in [0.4, 0.5) is 10.5 Å². The first kappa shape index (κ1) is 30.0. The van der Waals surface area contributed by atoms with Crippen molar-refractivity contribution in [1.82, 2.24) is 5.32 Å². The van der Waals surface area contributed by atoms with E-state index in [4.69, 9.17) is 49.0 Å². The molecule has 1 fully saturated rings. The van der Waals surface area contributed by atoms with Crippen LogP contribution in [0.15, 0.2) is 90.5 Å². The van der Waals surface area contributed by atoms with Gasteiger partial charge in [0.2, 0.25) is 0 Å². The third-order valence-electron chi connectivity index (χ3n) is 6.39. The maximum atomic E-state index is 13.4. The number of nitrogens with one attached hydrogen (secondary N) is 1. The van der Waals surface area contributed by atoms with E-state index in [9.17, 15) is 14.4 Å². The Balaban J connectivity index is 1.35. The van der Waals surface area contributed by atoms with Gasteiger partial charge in [0.1, 0.15) is 24.5 Å². The minimum absolute atomic E-state index is 0.0839. The Morgan fingerprint density at radius 1 is 0.814 bits per heavy atom. The summed E-state index contributed by atoms with van der Waals surface area (Å²) in [7, 11) is 1.43. The number of barbiturate groups is 1. The average Bonchev–Trinajstić information content (AvgIpc) is 2.99. The smallest absolute Gasteiger partial charge is 0.335 e. The second kappa shape index (κ2) is 13.2. The lowest BCUT2D eigenvalue weighted by Gasteiger charge is -2.26. The number of rotatable bonds is 9. The Kier molecular flexibility index (Phi) is 9.21. The molecule has 1 N–H and O–H groups in total. The minimum atomic E-state index is -0.870. The van der Waals surface area contributed by atoms with Crippen LogP contribution in [0.5, 0.6) is 17.2 Å². The van der Waals surface area contributed by atoms with Gasteiger partial charge in [-0.1, -0.05) is 71.2 Å². The fraction of sp³-hybridized carbons (Fsp3) is 0.0938. The molecule has 11 heteroatoms. The highest BCUT2D eigenvalue weighted by molar-refractivity contribution is 6.39. The molecule has 4 aromatic carbocycles. The molecule has 0 spiro atoms. The number of halogens is 3. The van der Waals surface area contributed by atoms with Gasteiger partial charge in [-0.3, -0.25) is 14.9 Å². The number of hydrogen-bond acceptors (Lipinski definition) is 6. The van der Waals surface area contributed by atoms with E-state index in [-0.39, 0.29) is 34.4 Å². The first-order chi connectivity index (χ1) is 20.7. The fourth-order valence-corrected chi connectivity index (χ4v) is 4.98. The summed E-state index contributed by atoms with van der Waals surface area (Å²) in [5, 5.41) is 3.30. The quantitative estimate of drug-likeness (QED) is 0.151. The van der Waals surface area contributed by atoms with Gasteiger partial charge in [-0.25, -0.2) is 9.69 Å². The Hall–Kier alpha value is -4.50. The van der Waals surface area contributed by atoms with Crippen LogP contribution < -0.4 is 24.4 Å². The number of anilines is 1. The van der Waals surface area contributed by atoms with Gasteiger partial charge >= 0.3 is 6.03 Å². The Morgan fingerprint density at radius 3 is 2.26 bits per heavy atom. The Bertz CT molecular complexity index is 1730. The molecule has 0 saturated carbocycles. The summed E-state index contributed by atoms with van der Waals surface area (Å²) in [6.07, 6.45) is 1.32. The minimum Gasteiger partial charge on any atom is -0.493 e. The molecule has 1 saturated heterocycles. The van der Waals surface area contributed by atoms with E-state index in [1.807, 2.05) is 30.3 Å². The highest BCUT2D eigenvalue weighted by atomic mass is 35.5. The average molecular weight is 638 g/mol. The summed E-state index contributed by atoms with van der Waals surface area (Å²) in [4.78, 5) is 39.7. The van der Waals surface area contributed by atoms with Crippen molar-refractivity contribution in [1.29, 1.82) is 0 Å². The van der Waals surface area contributed by atoms with Gasteiger partial charge in [-0.15, -0.1) is 0 Å². The van der Waals surface area contributed by atoms with E-state index in [1.54, 1.807) is 48.5 Å². The molecule has 5 rings (SSSR count). The van der Waals surface area contributed by atoms with Crippen molar-refractivity contribution >= 4 is 64.4 Å². The molecule has 0 bridgehead atoms. The molecular formula is C32H23Cl3N2O6. The normalized spacial score (nSPS) is 14.1. The van der Waals surface area contributed by atoms with Crippen LogP contribution in [0.2, 0.25) is 15.1 Å². The number of ether oxygens (including phenoxy) is 3. The number of carbonyl (C=O) groups is 3. The number of hydrogen-bond donors (Lipinski definition) is 1. The van der Waals surface area contributed by atoms with Crippen molar-refractivity contribution in [2.45, 2.75) is 13.2 Å². The monoisotopic (exact) mass is 636 g/mol. The zero-order chi connectivity index (χ0) is 30.5. The van der Waals surface area contributed by atoms with Crippen molar-refractivity contribution in [2.75, 3.05) is 12.0 Å². The number of amides is 4. The van der Waals surface area contributed by atoms with Gasteiger partial charge in [0, 0.05) is 15.6 Å². The zero-order valence-corrected chi connectivity index (χ0v) is 24.9. The fourth-order valence-electron chi connectivity index (χ4n) is 4.24. The molecule has 1 aliphatic heterocycles. The van der Waals surface area contributed by atoms with Crippen LogP contribution in [0.1, 0.15) is 16.7 Å². The SMILES string of the molecule is COc1cc(/C=C2\C(=O)NC(=O)N(c3ccc(OCc4ccccc4)cc3)C2=O)cc(Cl)c1OCc1ccc(Cl)cc1Cl. The Labute approximate surface area is 262 Å². The topological polar surface area (TPSA) is 94.2 Å². The van der Waals surface area contributed by atoms with Gasteiger partial charge in [0.25, 0.3) is 11.8 Å². The number of methoxy groups -OCH3 is 1. The van der Waals surface area contributed by atoms with Crippen molar-refractivity contribution in [2.24, 2.45) is 0 Å². The number of nitrogens with zero attached hydrogens (tertiary/aromatic N) is 1. The second-order valence-electron chi connectivity index (χ2n) is 9.28. The molecule has 43 heavy (non-hydrogen) atoms. The van der Waals surface area contributed by atoms with E-state index in [0.717, 1.165) is 10.5 Å². The van der Waals surface area contributed by atoms with Gasteiger partial charge < -0.3 is 14.2 Å². The largest absolute Gasteiger partial charge is 0.493 e. The summed E-state index contributed by atoms with van der Waals surface area (Å²) < 4.78 is 17.1. The predicted molar refractivity (Wildman–Crippen MR) is 165 cm³/mol. The lowest BCUT2D eigenvalue weighted by atomic mass is 10.1. The van der Waals surface area contributed by atoms with E-state index in [2.05, 4.69) is 5.32 Å². The number of imide groups is 2. The molecule has 218 valence electrons. The number of carbonyl (C=O) groups excluding carboxylic acids is 3. The van der Waals surface area contributed by atoms with Crippen LogP contribution in [0.3, 0.4) is 0 Å². The van der Waals surface area contributed by atoms with Gasteiger partial charge in [-0.2, -0.15) is 0 Å². The molecule has 0 atom stereocenters. The molecule has 4 aromatic rings. The summed E-state index contributed by atoms with van der Waals surface area (Å²) in [6.45, 7) is 0.440. The lowest BCUT2D eigenvalue weighted by molar-refractivity contribution is -0.122. The van der Waals surface area contributed by atoms with Gasteiger partial charge in [-0.05, 0) is 65.7 Å². The van der Waals surface area contributed by atoms with Crippen LogP contribution in [0.25, 0.3) is 6.08 Å². The van der Waals surface area contributed by atoms with Crippen molar-refractivity contribution < 1.29 is 28.6 Å². The van der Waals surface area contributed by atoms with E-state index >= 15 is 0 Å². The van der Waals surface area contributed by atoms with Crippen LogP contribution in [-0.2, 0) is 22.8 Å². The molecule has 1 aliphatic rings. The number of benzene rings is 4. The maximum Gasteiger partial charge on any atom is 0.335 e. The molecule has 0 unspecified atom stereocenters. The third kappa shape index (κ3) is 6.94. The molecule has 4 amide bonds. The first-order valence-corrected chi connectivity index (χ1v) is 14.0. The predicted octanol–water partition coefficient (Wildman–Crippen LogP) is 7.48. The molecule has 1 heterocycles. The van der Waals surface area contributed by atoms with E-state index in [1.165, 1.54) is 19.3 Å². The van der Waals surface area contributed by atoms with Gasteiger partial charge in [0.15, 0.2) is 11.5 Å².